The second-order valence-corrected chi connectivity index (χ2v) is 5.85. The average molecular weight is 273 g/mol. The molecule has 1 aromatic rings. The summed E-state index contributed by atoms with van der Waals surface area (Å²) >= 11 is 0. The van der Waals surface area contributed by atoms with Crippen molar-refractivity contribution >= 4 is 10.8 Å². The summed E-state index contributed by atoms with van der Waals surface area (Å²) in [7, 11) is -1.28. The van der Waals surface area contributed by atoms with Crippen LogP contribution in [0.4, 0.5) is 0 Å². The van der Waals surface area contributed by atoms with Crippen LogP contribution in [0.15, 0.2) is 9.95 Å². The first-order chi connectivity index (χ1) is 8.72. The molecule has 1 aliphatic heterocycles. The van der Waals surface area contributed by atoms with Crippen molar-refractivity contribution in [2.75, 3.05) is 12.4 Å². The Balaban J connectivity index is 2.06. The number of nitrogens with zero attached hydrogens (tertiary/aromatic N) is 2. The maximum atomic E-state index is 12.2. The molecule has 1 fully saturated rings. The molecule has 0 radical (unpaired) electrons. The number of hydrogen-bond acceptors (Lipinski definition) is 4. The quantitative estimate of drug-likeness (QED) is 0.855. The number of aromatic amines is 1. The predicted octanol–water partition coefficient (Wildman–Crippen LogP) is 0.658. The molecule has 102 valence electrons. The average Bonchev–Trinajstić information content (AvgIpc) is 2.73. The van der Waals surface area contributed by atoms with Gasteiger partial charge >= 0.3 is 5.69 Å². The van der Waals surface area contributed by atoms with Gasteiger partial charge in [0.1, 0.15) is 0 Å². The molecule has 2 atom stereocenters. The van der Waals surface area contributed by atoms with Crippen LogP contribution in [0.5, 0.6) is 0 Å². The molecule has 0 aromatic carbocycles. The summed E-state index contributed by atoms with van der Waals surface area (Å²) in [5, 5.41) is 6.58. The minimum absolute atomic E-state index is 0.0291. The number of nitrogens with one attached hydrogen (secondary N) is 1. The zero-order valence-corrected chi connectivity index (χ0v) is 11.4. The van der Waals surface area contributed by atoms with Crippen LogP contribution in [0.3, 0.4) is 0 Å². The summed E-state index contributed by atoms with van der Waals surface area (Å²) in [5.74, 6) is 0.425. The summed E-state index contributed by atoms with van der Waals surface area (Å²) in [4.78, 5) is 11.5. The smallest absolute Gasteiger partial charge is 0.344 e. The summed E-state index contributed by atoms with van der Waals surface area (Å²) in [6.45, 7) is 3.25. The lowest BCUT2D eigenvalue weighted by molar-refractivity contribution is 0.0309. The maximum absolute atomic E-state index is 12.2. The number of aromatic nitrogens is 3. The fourth-order valence-electron chi connectivity index (χ4n) is 2.08. The van der Waals surface area contributed by atoms with Gasteiger partial charge in [0.2, 0.25) is 5.16 Å². The van der Waals surface area contributed by atoms with Gasteiger partial charge in [0.05, 0.1) is 22.7 Å². The van der Waals surface area contributed by atoms with Crippen LogP contribution >= 0.6 is 0 Å². The fourth-order valence-corrected chi connectivity index (χ4v) is 3.40. The molecule has 0 amide bonds. The van der Waals surface area contributed by atoms with E-state index >= 15 is 0 Å². The van der Waals surface area contributed by atoms with Crippen LogP contribution in [0.25, 0.3) is 0 Å². The van der Waals surface area contributed by atoms with E-state index < -0.39 is 10.8 Å². The lowest BCUT2D eigenvalue weighted by Crippen LogP contribution is -2.27. The van der Waals surface area contributed by atoms with Gasteiger partial charge in [0, 0.05) is 13.2 Å². The first kappa shape index (κ1) is 13.5. The fraction of sp³-hybridized carbons (Fsp3) is 0.818. The Hall–Kier alpha value is -0.950. The molecule has 18 heavy (non-hydrogen) atoms. The molecule has 0 bridgehead atoms. The van der Waals surface area contributed by atoms with E-state index in [9.17, 15) is 9.00 Å². The topological polar surface area (TPSA) is 77.0 Å². The van der Waals surface area contributed by atoms with E-state index in [1.54, 1.807) is 0 Å². The molecule has 7 heteroatoms. The van der Waals surface area contributed by atoms with Crippen molar-refractivity contribution in [2.45, 2.75) is 50.4 Å². The van der Waals surface area contributed by atoms with Gasteiger partial charge in [-0.05, 0) is 25.7 Å². The third-order valence-corrected chi connectivity index (χ3v) is 4.38. The van der Waals surface area contributed by atoms with Crippen LogP contribution in [0.1, 0.15) is 32.6 Å². The van der Waals surface area contributed by atoms with E-state index in [1.165, 1.54) is 4.57 Å². The summed E-state index contributed by atoms with van der Waals surface area (Å²) in [6.07, 6.45) is 3.97. The van der Waals surface area contributed by atoms with Crippen LogP contribution in [-0.2, 0) is 22.1 Å². The highest BCUT2D eigenvalue weighted by molar-refractivity contribution is 7.84. The lowest BCUT2D eigenvalue weighted by Gasteiger charge is -2.21. The Morgan fingerprint density at radius 2 is 2.39 bits per heavy atom. The van der Waals surface area contributed by atoms with Crippen molar-refractivity contribution in [3.8, 4) is 0 Å². The van der Waals surface area contributed by atoms with Crippen molar-refractivity contribution in [3.05, 3.63) is 10.5 Å². The zero-order chi connectivity index (χ0) is 13.0. The van der Waals surface area contributed by atoms with Crippen molar-refractivity contribution in [1.82, 2.24) is 14.8 Å². The molecule has 6 nitrogen and oxygen atoms in total. The van der Waals surface area contributed by atoms with Crippen LogP contribution < -0.4 is 5.69 Å². The minimum Gasteiger partial charge on any atom is -0.377 e. The molecular formula is C11H19N3O3S. The second kappa shape index (κ2) is 6.29. The Morgan fingerprint density at radius 1 is 1.56 bits per heavy atom. The van der Waals surface area contributed by atoms with Gasteiger partial charge in [0.15, 0.2) is 0 Å². The van der Waals surface area contributed by atoms with Crippen LogP contribution in [0, 0.1) is 0 Å². The standard InChI is InChI=1S/C11H19N3O3S/c1-2-6-14-10(15)12-13-11(14)18(16)8-9-5-3-4-7-17-9/h9H,2-8H2,1H3,(H,12,15)/t9-,18-/m1/s1. The first-order valence-electron chi connectivity index (χ1n) is 6.37. The van der Waals surface area contributed by atoms with Gasteiger partial charge in [0.25, 0.3) is 0 Å². The first-order valence-corrected chi connectivity index (χ1v) is 7.69. The third kappa shape index (κ3) is 3.08. The summed E-state index contributed by atoms with van der Waals surface area (Å²) in [5.41, 5.74) is -0.287. The van der Waals surface area contributed by atoms with Gasteiger partial charge in [-0.3, -0.25) is 8.78 Å². The van der Waals surface area contributed by atoms with Crippen LogP contribution in [-0.4, -0.2) is 37.4 Å². The highest BCUT2D eigenvalue weighted by Crippen LogP contribution is 2.15. The van der Waals surface area contributed by atoms with Gasteiger partial charge in [-0.2, -0.15) is 0 Å². The van der Waals surface area contributed by atoms with E-state index in [0.717, 1.165) is 32.3 Å². The summed E-state index contributed by atoms with van der Waals surface area (Å²) < 4.78 is 19.2. The van der Waals surface area contributed by atoms with Crippen LogP contribution in [0.2, 0.25) is 0 Å². The largest absolute Gasteiger partial charge is 0.377 e. The molecule has 0 spiro atoms. The van der Waals surface area contributed by atoms with Gasteiger partial charge in [-0.1, -0.05) is 6.92 Å². The molecule has 1 aromatic heterocycles. The van der Waals surface area contributed by atoms with Gasteiger partial charge in [-0.15, -0.1) is 5.10 Å². The van der Waals surface area contributed by atoms with Crippen molar-refractivity contribution in [2.24, 2.45) is 0 Å². The predicted molar refractivity (Wildman–Crippen MR) is 68.0 cm³/mol. The van der Waals surface area contributed by atoms with E-state index in [0.29, 0.717) is 17.5 Å². The molecule has 2 rings (SSSR count). The van der Waals surface area contributed by atoms with Crippen molar-refractivity contribution < 1.29 is 8.95 Å². The Morgan fingerprint density at radius 3 is 3.06 bits per heavy atom. The number of hydrogen-bond donors (Lipinski definition) is 1. The molecule has 1 aliphatic rings. The molecule has 0 unspecified atom stereocenters. The molecule has 0 aliphatic carbocycles. The van der Waals surface area contributed by atoms with Gasteiger partial charge < -0.3 is 4.74 Å². The zero-order valence-electron chi connectivity index (χ0n) is 10.6. The Labute approximate surface area is 108 Å². The van der Waals surface area contributed by atoms with Crippen molar-refractivity contribution in [3.63, 3.8) is 0 Å². The minimum atomic E-state index is -1.28. The highest BCUT2D eigenvalue weighted by atomic mass is 32.2. The number of rotatable bonds is 5. The van der Waals surface area contributed by atoms with Crippen molar-refractivity contribution in [1.29, 1.82) is 0 Å². The molecule has 2 heterocycles. The molecule has 0 saturated carbocycles. The third-order valence-electron chi connectivity index (χ3n) is 2.99. The van der Waals surface area contributed by atoms with E-state index in [2.05, 4.69) is 10.2 Å². The molecule has 1 saturated heterocycles. The molecular weight excluding hydrogens is 254 g/mol. The summed E-state index contributed by atoms with van der Waals surface area (Å²) in [6, 6.07) is 0. The lowest BCUT2D eigenvalue weighted by atomic mass is 10.1. The monoisotopic (exact) mass is 273 g/mol. The Kier molecular flexibility index (Phi) is 4.71. The van der Waals surface area contributed by atoms with Gasteiger partial charge in [-0.25, -0.2) is 9.89 Å². The second-order valence-electron chi connectivity index (χ2n) is 4.46. The maximum Gasteiger partial charge on any atom is 0.344 e. The SMILES string of the molecule is CCCn1c([S@](=O)C[C@H]2CCCCO2)n[nH]c1=O. The number of H-pyrrole nitrogens is 1. The Bertz CT molecular complexity index is 462. The van der Waals surface area contributed by atoms with E-state index in [4.69, 9.17) is 4.74 Å². The highest BCUT2D eigenvalue weighted by Gasteiger charge is 2.21. The van der Waals surface area contributed by atoms with E-state index in [1.807, 2.05) is 6.92 Å². The normalized spacial score (nSPS) is 21.9. The van der Waals surface area contributed by atoms with E-state index in [-0.39, 0.29) is 11.8 Å². The number of ether oxygens (including phenoxy) is 1. The molecule has 1 N–H and O–H groups in total.